The van der Waals surface area contributed by atoms with E-state index in [2.05, 4.69) is 9.47 Å². The first-order valence-corrected chi connectivity index (χ1v) is 13.5. The van der Waals surface area contributed by atoms with E-state index >= 15 is 0 Å². The van der Waals surface area contributed by atoms with Crippen LogP contribution in [0.4, 0.5) is 0 Å². The third-order valence-electron chi connectivity index (χ3n) is 8.41. The van der Waals surface area contributed by atoms with Gasteiger partial charge >= 0.3 is 35.8 Å². The van der Waals surface area contributed by atoms with Crippen molar-refractivity contribution in [1.29, 1.82) is 0 Å². The van der Waals surface area contributed by atoms with Gasteiger partial charge in [-0.3, -0.25) is 0 Å². The summed E-state index contributed by atoms with van der Waals surface area (Å²) >= 11 is 0. The van der Waals surface area contributed by atoms with E-state index in [9.17, 15) is 28.8 Å². The summed E-state index contributed by atoms with van der Waals surface area (Å²) in [6.45, 7) is 0. The number of ether oxygens (including phenoxy) is 4. The maximum absolute atomic E-state index is 12.7. The summed E-state index contributed by atoms with van der Waals surface area (Å²) in [4.78, 5) is 72.1. The fraction of sp³-hybridized carbons (Fsp3) is 0.400. The number of hydrogen-bond acceptors (Lipinski definition) is 10. The number of fused-ring (bicyclic) bond motifs is 2. The van der Waals surface area contributed by atoms with Gasteiger partial charge in [0.25, 0.3) is 0 Å². The smallest absolute Gasteiger partial charge is 0.346 e. The van der Waals surface area contributed by atoms with E-state index in [4.69, 9.17) is 9.47 Å². The van der Waals surface area contributed by atoms with Crippen molar-refractivity contribution in [1.82, 2.24) is 0 Å². The van der Waals surface area contributed by atoms with Crippen molar-refractivity contribution in [3.63, 3.8) is 0 Å². The van der Waals surface area contributed by atoms with Crippen LogP contribution in [0.5, 0.6) is 0 Å². The van der Waals surface area contributed by atoms with E-state index in [1.54, 1.807) is 0 Å². The predicted molar refractivity (Wildman–Crippen MR) is 135 cm³/mol. The van der Waals surface area contributed by atoms with E-state index in [0.717, 1.165) is 51.4 Å². The van der Waals surface area contributed by atoms with Crippen LogP contribution in [0.15, 0.2) is 36.4 Å². The Bertz CT molecular complexity index is 1330. The van der Waals surface area contributed by atoms with Gasteiger partial charge in [0.2, 0.25) is 0 Å². The molecule has 0 radical (unpaired) electrons. The van der Waals surface area contributed by atoms with Crippen molar-refractivity contribution < 1.29 is 47.7 Å². The molecule has 2 aliphatic carbocycles. The molecule has 2 aromatic rings. The maximum Gasteiger partial charge on any atom is 0.346 e. The maximum atomic E-state index is 12.7. The zero-order valence-electron chi connectivity index (χ0n) is 21.5. The van der Waals surface area contributed by atoms with Crippen LogP contribution in [0, 0.1) is 11.8 Å². The van der Waals surface area contributed by atoms with Crippen LogP contribution < -0.4 is 0 Å². The number of hydrogen-bond donors (Lipinski definition) is 0. The highest BCUT2D eigenvalue weighted by Crippen LogP contribution is 2.40. The standard InChI is InChI=1S/C30H26O10/c31-25(17-5-11-21-23(13-17)29(35)39-27(21)33)37-19-7-1-15(2-8-19)16-3-9-20(10-4-16)38-26(32)18-6-12-22-24(14-18)30(36)40-28(22)34/h5-6,11-16,19-20H,1-4,7-10H2. The van der Waals surface area contributed by atoms with Crippen LogP contribution in [0.1, 0.15) is 114 Å². The summed E-state index contributed by atoms with van der Waals surface area (Å²) < 4.78 is 20.5. The van der Waals surface area contributed by atoms with Gasteiger partial charge in [0.15, 0.2) is 0 Å². The Balaban J connectivity index is 0.957. The number of carbonyl (C=O) groups is 6. The van der Waals surface area contributed by atoms with Gasteiger partial charge in [0.1, 0.15) is 12.2 Å². The molecule has 2 saturated carbocycles. The third kappa shape index (κ3) is 4.89. The molecule has 4 aliphatic rings. The number of cyclic esters (lactones) is 4. The van der Waals surface area contributed by atoms with E-state index < -0.39 is 35.8 Å². The topological polar surface area (TPSA) is 139 Å². The summed E-state index contributed by atoms with van der Waals surface area (Å²) in [5, 5.41) is 0. The molecule has 0 bridgehead atoms. The molecule has 0 amide bonds. The van der Waals surface area contributed by atoms with Crippen LogP contribution in [0.25, 0.3) is 0 Å². The number of esters is 6. The molecule has 10 nitrogen and oxygen atoms in total. The minimum atomic E-state index is -0.757. The molecule has 2 fully saturated rings. The van der Waals surface area contributed by atoms with Crippen molar-refractivity contribution in [3.8, 4) is 0 Å². The number of rotatable bonds is 5. The normalized spacial score (nSPS) is 25.5. The molecular weight excluding hydrogens is 520 g/mol. The van der Waals surface area contributed by atoms with Gasteiger partial charge < -0.3 is 18.9 Å². The first-order valence-electron chi connectivity index (χ1n) is 13.5. The second-order valence-electron chi connectivity index (χ2n) is 10.8. The van der Waals surface area contributed by atoms with E-state index in [-0.39, 0.29) is 45.6 Å². The zero-order valence-corrected chi connectivity index (χ0v) is 21.5. The molecule has 40 heavy (non-hydrogen) atoms. The van der Waals surface area contributed by atoms with Gasteiger partial charge in [-0.05, 0) is 99.6 Å². The highest BCUT2D eigenvalue weighted by Gasteiger charge is 2.35. The summed E-state index contributed by atoms with van der Waals surface area (Å²) in [7, 11) is 0. The molecule has 0 unspecified atom stereocenters. The molecule has 2 aromatic carbocycles. The van der Waals surface area contributed by atoms with E-state index in [1.807, 2.05) is 0 Å². The quantitative estimate of drug-likeness (QED) is 0.300. The minimum absolute atomic E-state index is 0.0814. The third-order valence-corrected chi connectivity index (χ3v) is 8.41. The van der Waals surface area contributed by atoms with Crippen LogP contribution >= 0.6 is 0 Å². The van der Waals surface area contributed by atoms with Gasteiger partial charge in [0, 0.05) is 0 Å². The lowest BCUT2D eigenvalue weighted by atomic mass is 9.72. The molecule has 0 spiro atoms. The number of benzene rings is 2. The average molecular weight is 547 g/mol. The molecule has 0 atom stereocenters. The summed E-state index contributed by atoms with van der Waals surface area (Å²) in [6, 6.07) is 8.46. The van der Waals surface area contributed by atoms with Gasteiger partial charge in [-0.15, -0.1) is 0 Å². The fourth-order valence-corrected chi connectivity index (χ4v) is 6.22. The lowest BCUT2D eigenvalue weighted by molar-refractivity contribution is -0.000157. The van der Waals surface area contributed by atoms with Crippen molar-refractivity contribution in [3.05, 3.63) is 69.8 Å². The van der Waals surface area contributed by atoms with Crippen LogP contribution in [0.2, 0.25) is 0 Å². The monoisotopic (exact) mass is 546 g/mol. The molecule has 0 saturated heterocycles. The Morgan fingerprint density at radius 2 is 0.875 bits per heavy atom. The highest BCUT2D eigenvalue weighted by molar-refractivity contribution is 6.16. The molecule has 10 heteroatoms. The summed E-state index contributed by atoms with van der Waals surface area (Å²) in [5.41, 5.74) is 0.899. The van der Waals surface area contributed by atoms with Crippen LogP contribution in [0.3, 0.4) is 0 Å². The first kappa shape index (κ1) is 25.9. The molecule has 2 aliphatic heterocycles. The minimum Gasteiger partial charge on any atom is -0.459 e. The Morgan fingerprint density at radius 1 is 0.525 bits per heavy atom. The highest BCUT2D eigenvalue weighted by atomic mass is 16.6. The molecule has 6 rings (SSSR count). The molecule has 0 aromatic heterocycles. The Labute approximate surface area is 228 Å². The van der Waals surface area contributed by atoms with Crippen molar-refractivity contribution in [2.24, 2.45) is 11.8 Å². The van der Waals surface area contributed by atoms with Gasteiger partial charge in [0.05, 0.1) is 33.4 Å². The molecule has 206 valence electrons. The Kier molecular flexibility index (Phi) is 6.69. The SMILES string of the molecule is O=C(OC1CCC(C2CCC(OC(=O)c3ccc4c(c3)C(=O)OC4=O)CC2)CC1)c1ccc2c(c1)C(=O)OC2=O. The number of carbonyl (C=O) groups excluding carboxylic acids is 6. The van der Waals surface area contributed by atoms with Gasteiger partial charge in [-0.1, -0.05) is 0 Å². The Hall–Kier alpha value is -4.34. The van der Waals surface area contributed by atoms with Crippen LogP contribution in [-0.4, -0.2) is 48.0 Å². The van der Waals surface area contributed by atoms with Crippen LogP contribution in [-0.2, 0) is 18.9 Å². The average Bonchev–Trinajstić information content (AvgIpc) is 3.41. The summed E-state index contributed by atoms with van der Waals surface area (Å²) in [5.74, 6) is -2.97. The second-order valence-corrected chi connectivity index (χ2v) is 10.8. The molecular formula is C30H26O10. The molecule has 0 N–H and O–H groups in total. The van der Waals surface area contributed by atoms with Gasteiger partial charge in [-0.2, -0.15) is 0 Å². The zero-order chi connectivity index (χ0) is 28.0. The largest absolute Gasteiger partial charge is 0.459 e. The predicted octanol–water partition coefficient (Wildman–Crippen LogP) is 4.44. The summed E-state index contributed by atoms with van der Waals surface area (Å²) in [6.07, 6.45) is 6.32. The Morgan fingerprint density at radius 3 is 1.25 bits per heavy atom. The second kappa shape index (κ2) is 10.3. The van der Waals surface area contributed by atoms with Gasteiger partial charge in [-0.25, -0.2) is 28.8 Å². The van der Waals surface area contributed by atoms with E-state index in [1.165, 1.54) is 36.4 Å². The van der Waals surface area contributed by atoms with E-state index in [0.29, 0.717) is 11.8 Å². The van der Waals surface area contributed by atoms with Crippen molar-refractivity contribution in [2.75, 3.05) is 0 Å². The lowest BCUT2D eigenvalue weighted by Crippen LogP contribution is -2.32. The van der Waals surface area contributed by atoms with Crippen molar-refractivity contribution in [2.45, 2.75) is 63.6 Å². The lowest BCUT2D eigenvalue weighted by Gasteiger charge is -2.37. The van der Waals surface area contributed by atoms with Crippen molar-refractivity contribution >= 4 is 35.8 Å². The first-order chi connectivity index (χ1) is 19.3. The molecule has 2 heterocycles. The fourth-order valence-electron chi connectivity index (χ4n) is 6.22.